The van der Waals surface area contributed by atoms with Gasteiger partial charge in [-0.2, -0.15) is 5.10 Å². The molecule has 0 bridgehead atoms. The highest BCUT2D eigenvalue weighted by Gasteiger charge is 2.30. The van der Waals surface area contributed by atoms with Crippen molar-refractivity contribution in [1.82, 2.24) is 15.1 Å². The van der Waals surface area contributed by atoms with Crippen molar-refractivity contribution < 1.29 is 4.74 Å². The van der Waals surface area contributed by atoms with Gasteiger partial charge in [-0.3, -0.25) is 4.68 Å². The molecule has 1 saturated carbocycles. The van der Waals surface area contributed by atoms with Crippen molar-refractivity contribution in [3.05, 3.63) is 11.9 Å². The Labute approximate surface area is 116 Å². The van der Waals surface area contributed by atoms with Crippen LogP contribution in [-0.4, -0.2) is 30.0 Å². The highest BCUT2D eigenvalue weighted by Crippen LogP contribution is 2.37. The van der Waals surface area contributed by atoms with Gasteiger partial charge in [-0.15, -0.1) is 0 Å². The minimum absolute atomic E-state index is 0.375. The number of ether oxygens (including phenoxy) is 1. The molecule has 1 aromatic rings. The van der Waals surface area contributed by atoms with E-state index in [2.05, 4.69) is 36.0 Å². The first-order valence-corrected chi connectivity index (χ1v) is 7.47. The van der Waals surface area contributed by atoms with Crippen LogP contribution in [0.2, 0.25) is 0 Å². The lowest BCUT2D eigenvalue weighted by molar-refractivity contribution is 0.364. The molecule has 1 aromatic heterocycles. The minimum atomic E-state index is 0.375. The maximum atomic E-state index is 5.55. The van der Waals surface area contributed by atoms with Gasteiger partial charge in [-0.25, -0.2) is 0 Å². The van der Waals surface area contributed by atoms with E-state index in [1.807, 2.05) is 6.20 Å². The summed E-state index contributed by atoms with van der Waals surface area (Å²) in [7, 11) is 3.82. The second-order valence-corrected chi connectivity index (χ2v) is 5.78. The van der Waals surface area contributed by atoms with E-state index in [1.54, 1.807) is 7.11 Å². The molecule has 2 rings (SSSR count). The van der Waals surface area contributed by atoms with Crippen molar-refractivity contribution in [2.24, 2.45) is 0 Å². The molecule has 4 heteroatoms. The third-order valence-electron chi connectivity index (χ3n) is 4.25. The van der Waals surface area contributed by atoms with Gasteiger partial charge >= 0.3 is 0 Å². The van der Waals surface area contributed by atoms with Crippen LogP contribution in [0.5, 0.6) is 5.75 Å². The number of nitrogens with one attached hydrogen (secondary N) is 1. The Balaban J connectivity index is 2.38. The summed E-state index contributed by atoms with van der Waals surface area (Å²) < 4.78 is 7.69. The van der Waals surface area contributed by atoms with Crippen LogP contribution >= 0.6 is 0 Å². The van der Waals surface area contributed by atoms with Crippen LogP contribution in [0.3, 0.4) is 0 Å². The summed E-state index contributed by atoms with van der Waals surface area (Å²) in [5.74, 6) is 1.45. The molecule has 2 atom stereocenters. The summed E-state index contributed by atoms with van der Waals surface area (Å²) in [5.41, 5.74) is 1.28. The van der Waals surface area contributed by atoms with Crippen LogP contribution in [0.4, 0.5) is 0 Å². The molecule has 108 valence electrons. The fourth-order valence-corrected chi connectivity index (χ4v) is 3.26. The normalized spacial score (nSPS) is 24.5. The largest absolute Gasteiger partial charge is 0.493 e. The highest BCUT2D eigenvalue weighted by atomic mass is 16.5. The molecule has 1 N–H and O–H groups in total. The van der Waals surface area contributed by atoms with E-state index in [-0.39, 0.29) is 0 Å². The van der Waals surface area contributed by atoms with Crippen LogP contribution in [0.25, 0.3) is 0 Å². The van der Waals surface area contributed by atoms with Crippen LogP contribution in [-0.2, 0) is 0 Å². The number of rotatable bonds is 4. The van der Waals surface area contributed by atoms with Gasteiger partial charge in [0, 0.05) is 18.0 Å². The van der Waals surface area contributed by atoms with Crippen molar-refractivity contribution >= 4 is 0 Å². The quantitative estimate of drug-likeness (QED) is 0.850. The second-order valence-electron chi connectivity index (χ2n) is 5.78. The number of aromatic nitrogens is 2. The lowest BCUT2D eigenvalue weighted by Crippen LogP contribution is -2.33. The SMILES string of the molecule is CNC1CCCCCC1c1c(OC)cnn1C(C)C. The number of likely N-dealkylation sites (N-methyl/N-ethyl adjacent to an activating group) is 1. The third-order valence-corrected chi connectivity index (χ3v) is 4.25. The summed E-state index contributed by atoms with van der Waals surface area (Å²) >= 11 is 0. The maximum Gasteiger partial charge on any atom is 0.160 e. The molecule has 2 unspecified atom stereocenters. The first-order valence-electron chi connectivity index (χ1n) is 7.47. The Morgan fingerprint density at radius 2 is 2.05 bits per heavy atom. The van der Waals surface area contributed by atoms with E-state index in [0.29, 0.717) is 18.0 Å². The summed E-state index contributed by atoms with van der Waals surface area (Å²) in [6, 6.07) is 0.908. The van der Waals surface area contributed by atoms with Gasteiger partial charge in [0.05, 0.1) is 19.0 Å². The number of hydrogen-bond acceptors (Lipinski definition) is 3. The molecule has 0 radical (unpaired) electrons. The maximum absolute atomic E-state index is 5.55. The van der Waals surface area contributed by atoms with Gasteiger partial charge in [-0.1, -0.05) is 19.3 Å². The van der Waals surface area contributed by atoms with Gasteiger partial charge < -0.3 is 10.1 Å². The van der Waals surface area contributed by atoms with Gasteiger partial charge in [0.2, 0.25) is 0 Å². The molecular formula is C15H27N3O. The molecule has 0 aromatic carbocycles. The van der Waals surface area contributed by atoms with Crippen LogP contribution in [0.15, 0.2) is 6.20 Å². The van der Waals surface area contributed by atoms with Gasteiger partial charge in [0.25, 0.3) is 0 Å². The predicted octanol–water partition coefficient (Wildman–Crippen LogP) is 3.11. The lowest BCUT2D eigenvalue weighted by Gasteiger charge is -2.27. The molecule has 0 spiro atoms. The Morgan fingerprint density at radius 3 is 2.68 bits per heavy atom. The van der Waals surface area contributed by atoms with Gasteiger partial charge in [-0.05, 0) is 33.7 Å². The number of hydrogen-bond donors (Lipinski definition) is 1. The monoisotopic (exact) mass is 265 g/mol. The van der Waals surface area contributed by atoms with E-state index in [1.165, 1.54) is 37.8 Å². The fourth-order valence-electron chi connectivity index (χ4n) is 3.26. The Bertz CT molecular complexity index is 400. The molecule has 0 amide bonds. The zero-order chi connectivity index (χ0) is 13.8. The lowest BCUT2D eigenvalue weighted by atomic mass is 9.90. The molecule has 1 aliphatic carbocycles. The zero-order valence-corrected chi connectivity index (χ0v) is 12.6. The second kappa shape index (κ2) is 6.42. The van der Waals surface area contributed by atoms with E-state index >= 15 is 0 Å². The van der Waals surface area contributed by atoms with Crippen LogP contribution in [0, 0.1) is 0 Å². The van der Waals surface area contributed by atoms with Crippen LogP contribution in [0.1, 0.15) is 63.6 Å². The average Bonchev–Trinajstić information content (AvgIpc) is 2.69. The van der Waals surface area contributed by atoms with Crippen molar-refractivity contribution in [2.45, 2.75) is 64.0 Å². The van der Waals surface area contributed by atoms with Crippen LogP contribution < -0.4 is 10.1 Å². The molecule has 0 saturated heterocycles. The first-order chi connectivity index (χ1) is 9.19. The minimum Gasteiger partial charge on any atom is -0.493 e. The summed E-state index contributed by atoms with van der Waals surface area (Å²) in [6.45, 7) is 4.36. The Kier molecular flexibility index (Phi) is 4.86. The molecular weight excluding hydrogens is 238 g/mol. The summed E-state index contributed by atoms with van der Waals surface area (Å²) in [4.78, 5) is 0. The van der Waals surface area contributed by atoms with Gasteiger partial charge in [0.1, 0.15) is 0 Å². The van der Waals surface area contributed by atoms with Crippen molar-refractivity contribution in [2.75, 3.05) is 14.2 Å². The predicted molar refractivity (Wildman–Crippen MR) is 77.8 cm³/mol. The average molecular weight is 265 g/mol. The fraction of sp³-hybridized carbons (Fsp3) is 0.800. The molecule has 1 heterocycles. The molecule has 1 fully saturated rings. The van der Waals surface area contributed by atoms with Crippen molar-refractivity contribution in [1.29, 1.82) is 0 Å². The number of nitrogens with zero attached hydrogens (tertiary/aromatic N) is 2. The number of methoxy groups -OCH3 is 1. The zero-order valence-electron chi connectivity index (χ0n) is 12.6. The standard InChI is InChI=1S/C15H27N3O/c1-11(2)18-15(14(19-4)10-17-18)12-8-6-5-7-9-13(12)16-3/h10-13,16H,5-9H2,1-4H3. The van der Waals surface area contributed by atoms with Gasteiger partial charge in [0.15, 0.2) is 5.75 Å². The summed E-state index contributed by atoms with van der Waals surface area (Å²) in [5, 5.41) is 8.03. The van der Waals surface area contributed by atoms with E-state index < -0.39 is 0 Å². The third kappa shape index (κ3) is 2.94. The molecule has 1 aliphatic rings. The Morgan fingerprint density at radius 1 is 1.32 bits per heavy atom. The Hall–Kier alpha value is -1.03. The summed E-state index contributed by atoms with van der Waals surface area (Å²) in [6.07, 6.45) is 8.29. The molecule has 0 aliphatic heterocycles. The van der Waals surface area contributed by atoms with E-state index in [4.69, 9.17) is 4.74 Å². The van der Waals surface area contributed by atoms with Crippen molar-refractivity contribution in [3.63, 3.8) is 0 Å². The van der Waals surface area contributed by atoms with E-state index in [9.17, 15) is 0 Å². The van der Waals surface area contributed by atoms with E-state index in [0.717, 1.165) is 5.75 Å². The molecule has 4 nitrogen and oxygen atoms in total. The molecule has 19 heavy (non-hydrogen) atoms. The smallest absolute Gasteiger partial charge is 0.160 e. The topological polar surface area (TPSA) is 39.1 Å². The van der Waals surface area contributed by atoms with Crippen molar-refractivity contribution in [3.8, 4) is 5.75 Å². The first kappa shape index (κ1) is 14.4. The highest BCUT2D eigenvalue weighted by molar-refractivity contribution is 5.30.